The van der Waals surface area contributed by atoms with Crippen molar-refractivity contribution in [2.75, 3.05) is 30.7 Å². The molecule has 1 N–H and O–H groups in total. The van der Waals surface area contributed by atoms with Crippen molar-refractivity contribution in [1.29, 1.82) is 0 Å². The Balaban J connectivity index is 2.01. The number of hydrogen-bond donors (Lipinski definition) is 1. The van der Waals surface area contributed by atoms with Crippen LogP contribution in [0.25, 0.3) is 16.5 Å². The third-order valence-corrected chi connectivity index (χ3v) is 7.94. The monoisotopic (exact) mass is 666 g/mol. The summed E-state index contributed by atoms with van der Waals surface area (Å²) in [5, 5.41) is 6.08. The first-order valence-electron chi connectivity index (χ1n) is 9.12. The maximum atomic E-state index is 12.9. The van der Waals surface area contributed by atoms with Crippen molar-refractivity contribution in [3.8, 4) is 0 Å². The van der Waals surface area contributed by atoms with Crippen LogP contribution in [0.15, 0.2) is 63.4 Å². The minimum Gasteiger partial charge on any atom is -0.379 e. The largest absolute Gasteiger partial charge is 0.379 e. The van der Waals surface area contributed by atoms with Crippen LogP contribution >= 0.6 is 45.2 Å². The lowest BCUT2D eigenvalue weighted by molar-refractivity contribution is 0.0920. The number of rotatable bonds is 11. The molecular weight excluding hydrogens is 646 g/mol. The zero-order chi connectivity index (χ0) is 22.7. The van der Waals surface area contributed by atoms with Crippen molar-refractivity contribution >= 4 is 67.0 Å². The number of ether oxygens (including phenoxy) is 1. The summed E-state index contributed by atoms with van der Waals surface area (Å²) in [7, 11) is -3.59. The van der Waals surface area contributed by atoms with Crippen LogP contribution in [0.2, 0.25) is 0 Å². The number of halogens is 2. The first-order chi connectivity index (χ1) is 14.9. The van der Waals surface area contributed by atoms with Crippen LogP contribution in [0.5, 0.6) is 0 Å². The number of amides is 1. The minimum atomic E-state index is -3.59. The smallest absolute Gasteiger partial charge is 0.251 e. The average molecular weight is 666 g/mol. The van der Waals surface area contributed by atoms with E-state index in [0.29, 0.717) is 40.2 Å². The molecule has 2 aromatic carbocycles. The molecule has 0 radical (unpaired) electrons. The number of benzene rings is 2. The average Bonchev–Trinajstić information content (AvgIpc) is 2.77. The number of azide groups is 1. The maximum absolute atomic E-state index is 12.9. The number of carbonyl (C=O) groups is 1. The van der Waals surface area contributed by atoms with E-state index >= 15 is 0 Å². The van der Waals surface area contributed by atoms with E-state index in [1.54, 1.807) is 54.6 Å². The van der Waals surface area contributed by atoms with Gasteiger partial charge in [-0.25, -0.2) is 8.42 Å². The number of sulfone groups is 1. The molecule has 11 heteroatoms. The molecule has 0 aliphatic carbocycles. The summed E-state index contributed by atoms with van der Waals surface area (Å²) in [5.74, 6) is -0.255. The van der Waals surface area contributed by atoms with Crippen LogP contribution in [0, 0.1) is 3.57 Å². The van der Waals surface area contributed by atoms with Crippen LogP contribution in [-0.4, -0.2) is 45.1 Å². The highest BCUT2D eigenvalue weighted by Gasteiger charge is 2.19. The van der Waals surface area contributed by atoms with Crippen LogP contribution in [0.1, 0.15) is 15.9 Å². The lowest BCUT2D eigenvalue weighted by Gasteiger charge is -2.08. The summed E-state index contributed by atoms with van der Waals surface area (Å²) < 4.78 is 32.3. The second-order valence-corrected chi connectivity index (χ2v) is 10.2. The van der Waals surface area contributed by atoms with E-state index in [9.17, 15) is 13.2 Å². The summed E-state index contributed by atoms with van der Waals surface area (Å²) in [6.07, 6.45) is 1.62. The lowest BCUT2D eigenvalue weighted by atomic mass is 10.1. The summed E-state index contributed by atoms with van der Waals surface area (Å²) in [6.45, 7) is 1.18. The Kier molecular flexibility index (Phi) is 10.7. The molecule has 1 amide bonds. The van der Waals surface area contributed by atoms with Gasteiger partial charge in [-0.3, -0.25) is 4.79 Å². The van der Waals surface area contributed by atoms with Gasteiger partial charge in [0.2, 0.25) is 9.84 Å². The van der Waals surface area contributed by atoms with E-state index in [1.807, 2.05) is 22.6 Å². The SMILES string of the molecule is [N-]=[N+]=NCCOCCNC(=O)c1ccc(/C=C(\CI)S(=O)(=O)c2ccc(I)cc2)cc1. The van der Waals surface area contributed by atoms with Gasteiger partial charge in [0.15, 0.2) is 0 Å². The number of alkyl halides is 1. The van der Waals surface area contributed by atoms with Crippen molar-refractivity contribution in [2.45, 2.75) is 4.90 Å². The van der Waals surface area contributed by atoms with Gasteiger partial charge in [0.05, 0.1) is 23.0 Å². The number of nitrogens with zero attached hydrogens (tertiary/aromatic N) is 3. The van der Waals surface area contributed by atoms with Gasteiger partial charge in [0.25, 0.3) is 5.91 Å². The first-order valence-corrected chi connectivity index (χ1v) is 13.2. The van der Waals surface area contributed by atoms with Gasteiger partial charge >= 0.3 is 0 Å². The fraction of sp³-hybridized carbons (Fsp3) is 0.250. The fourth-order valence-corrected chi connectivity index (χ4v) is 5.50. The summed E-state index contributed by atoms with van der Waals surface area (Å²) in [4.78, 5) is 15.4. The van der Waals surface area contributed by atoms with Crippen LogP contribution in [0.3, 0.4) is 0 Å². The normalized spacial score (nSPS) is 11.6. The van der Waals surface area contributed by atoms with E-state index in [2.05, 4.69) is 37.9 Å². The van der Waals surface area contributed by atoms with E-state index in [4.69, 9.17) is 10.3 Å². The van der Waals surface area contributed by atoms with Crippen LogP contribution in [-0.2, 0) is 14.6 Å². The third-order valence-electron chi connectivity index (χ3n) is 4.03. The number of nitrogens with one attached hydrogen (secondary N) is 1. The molecule has 0 saturated heterocycles. The predicted molar refractivity (Wildman–Crippen MR) is 137 cm³/mol. The van der Waals surface area contributed by atoms with Crippen LogP contribution in [0.4, 0.5) is 0 Å². The number of carbonyl (C=O) groups excluding carboxylic acids is 1. The lowest BCUT2D eigenvalue weighted by Crippen LogP contribution is -2.27. The van der Waals surface area contributed by atoms with E-state index in [-0.39, 0.29) is 17.3 Å². The molecule has 0 aliphatic heterocycles. The molecule has 0 aliphatic rings. The highest BCUT2D eigenvalue weighted by Crippen LogP contribution is 2.24. The second kappa shape index (κ2) is 13.0. The highest BCUT2D eigenvalue weighted by molar-refractivity contribution is 14.1. The third kappa shape index (κ3) is 8.07. The summed E-state index contributed by atoms with van der Waals surface area (Å²) in [5.41, 5.74) is 9.32. The van der Waals surface area contributed by atoms with Gasteiger partial charge < -0.3 is 10.1 Å². The molecular formula is C20H20I2N4O4S. The Bertz CT molecular complexity index is 1070. The quantitative estimate of drug-likeness (QED) is 0.0942. The highest BCUT2D eigenvalue weighted by atomic mass is 127. The number of hydrogen-bond acceptors (Lipinski definition) is 5. The fourth-order valence-electron chi connectivity index (χ4n) is 2.46. The topological polar surface area (TPSA) is 121 Å². The zero-order valence-corrected chi connectivity index (χ0v) is 21.5. The molecule has 0 unspecified atom stereocenters. The molecule has 0 aromatic heterocycles. The molecule has 2 aromatic rings. The maximum Gasteiger partial charge on any atom is 0.251 e. The Morgan fingerprint density at radius 2 is 1.81 bits per heavy atom. The molecule has 2 rings (SSSR count). The second-order valence-electron chi connectivity index (χ2n) is 6.15. The van der Waals surface area contributed by atoms with E-state index in [0.717, 1.165) is 3.57 Å². The van der Waals surface area contributed by atoms with Gasteiger partial charge in [0, 0.05) is 31.6 Å². The van der Waals surface area contributed by atoms with Gasteiger partial charge in [-0.05, 0) is 76.2 Å². The first kappa shape index (κ1) is 25.6. The zero-order valence-electron chi connectivity index (χ0n) is 16.4. The van der Waals surface area contributed by atoms with E-state index in [1.165, 1.54) is 0 Å². The predicted octanol–water partition coefficient (Wildman–Crippen LogP) is 4.60. The van der Waals surface area contributed by atoms with E-state index < -0.39 is 9.84 Å². The Labute approximate surface area is 208 Å². The molecule has 31 heavy (non-hydrogen) atoms. The Morgan fingerprint density at radius 3 is 2.42 bits per heavy atom. The molecule has 0 fully saturated rings. The van der Waals surface area contributed by atoms with Crippen molar-refractivity contribution in [2.24, 2.45) is 5.11 Å². The van der Waals surface area contributed by atoms with Crippen molar-refractivity contribution in [3.63, 3.8) is 0 Å². The van der Waals surface area contributed by atoms with Gasteiger partial charge in [0.1, 0.15) is 0 Å². The Hall–Kier alpha value is -1.67. The number of allylic oxidation sites excluding steroid dienone is 1. The summed E-state index contributed by atoms with van der Waals surface area (Å²) in [6, 6.07) is 13.4. The molecule has 0 heterocycles. The Morgan fingerprint density at radius 1 is 1.13 bits per heavy atom. The minimum absolute atomic E-state index is 0.248. The standard InChI is InChI=1S/C20H20I2N4O4S/c21-14-19(31(28,29)18-7-5-17(22)6-8-18)13-15-1-3-16(4-2-15)20(27)24-9-11-30-12-10-25-26-23/h1-8,13H,9-12,14H2,(H,24,27)/b19-13+. The van der Waals surface area contributed by atoms with Gasteiger partial charge in [-0.1, -0.05) is 39.8 Å². The molecule has 0 bridgehead atoms. The van der Waals surface area contributed by atoms with Crippen LogP contribution < -0.4 is 5.32 Å². The summed E-state index contributed by atoms with van der Waals surface area (Å²) >= 11 is 4.16. The molecule has 0 atom stereocenters. The molecule has 0 spiro atoms. The molecule has 8 nitrogen and oxygen atoms in total. The molecule has 164 valence electrons. The molecule has 0 saturated carbocycles. The van der Waals surface area contributed by atoms with Gasteiger partial charge in [-0.2, -0.15) is 0 Å². The van der Waals surface area contributed by atoms with Crippen molar-refractivity contribution in [3.05, 3.63) is 78.6 Å². The van der Waals surface area contributed by atoms with Gasteiger partial charge in [-0.15, -0.1) is 0 Å². The van der Waals surface area contributed by atoms with Crippen molar-refractivity contribution in [1.82, 2.24) is 5.32 Å². The van der Waals surface area contributed by atoms with Crippen molar-refractivity contribution < 1.29 is 17.9 Å².